The highest BCUT2D eigenvalue weighted by molar-refractivity contribution is 7.99. The van der Waals surface area contributed by atoms with Gasteiger partial charge in [-0.25, -0.2) is 9.37 Å². The summed E-state index contributed by atoms with van der Waals surface area (Å²) in [7, 11) is 0. The van der Waals surface area contributed by atoms with Crippen LogP contribution < -0.4 is 5.32 Å². The minimum Gasteiger partial charge on any atom is -0.353 e. The van der Waals surface area contributed by atoms with E-state index >= 15 is 0 Å². The maximum atomic E-state index is 13.3. The van der Waals surface area contributed by atoms with Crippen molar-refractivity contribution in [3.8, 4) is 0 Å². The van der Waals surface area contributed by atoms with Gasteiger partial charge in [-0.15, -0.1) is 10.2 Å². The number of halogens is 1. The zero-order valence-electron chi connectivity index (χ0n) is 17.6. The fourth-order valence-electron chi connectivity index (χ4n) is 3.76. The average molecular weight is 450 g/mol. The van der Waals surface area contributed by atoms with E-state index in [4.69, 9.17) is 4.98 Å². The number of nitrogens with zero attached hydrogens (tertiary/aromatic N) is 4. The van der Waals surface area contributed by atoms with Crippen molar-refractivity contribution in [3.05, 3.63) is 59.9 Å². The van der Waals surface area contributed by atoms with E-state index in [-0.39, 0.29) is 11.7 Å². The summed E-state index contributed by atoms with van der Waals surface area (Å²) in [6, 6.07) is 15.0. The van der Waals surface area contributed by atoms with Crippen LogP contribution in [0.3, 0.4) is 0 Å². The lowest BCUT2D eigenvalue weighted by Gasteiger charge is -2.07. The van der Waals surface area contributed by atoms with Crippen LogP contribution in [0.1, 0.15) is 37.7 Å². The van der Waals surface area contributed by atoms with Gasteiger partial charge in [0.25, 0.3) is 0 Å². The number of aromatic nitrogens is 4. The predicted octanol–water partition coefficient (Wildman–Crippen LogP) is 4.71. The third kappa shape index (κ3) is 4.75. The van der Waals surface area contributed by atoms with Gasteiger partial charge in [0, 0.05) is 30.1 Å². The van der Waals surface area contributed by atoms with Crippen molar-refractivity contribution < 1.29 is 9.18 Å². The number of thioether (sulfide) groups is 1. The zero-order valence-corrected chi connectivity index (χ0v) is 18.4. The van der Waals surface area contributed by atoms with Crippen LogP contribution in [0.5, 0.6) is 0 Å². The molecule has 0 bridgehead atoms. The van der Waals surface area contributed by atoms with Crippen molar-refractivity contribution >= 4 is 39.7 Å². The number of hydrogen-bond acceptors (Lipinski definition) is 5. The van der Waals surface area contributed by atoms with E-state index in [1.165, 1.54) is 12.1 Å². The first-order valence-corrected chi connectivity index (χ1v) is 11.9. The molecular weight excluding hydrogens is 425 g/mol. The van der Waals surface area contributed by atoms with E-state index in [9.17, 15) is 9.18 Å². The second-order valence-corrected chi connectivity index (χ2v) is 9.21. The number of fused-ring (bicyclic) bond motifs is 3. The van der Waals surface area contributed by atoms with E-state index in [0.29, 0.717) is 24.2 Å². The summed E-state index contributed by atoms with van der Waals surface area (Å²) in [6.07, 6.45) is 4.58. The van der Waals surface area contributed by atoms with Gasteiger partial charge in [0.15, 0.2) is 5.65 Å². The van der Waals surface area contributed by atoms with Gasteiger partial charge in [0.2, 0.25) is 11.1 Å². The van der Waals surface area contributed by atoms with E-state index in [1.54, 1.807) is 23.9 Å². The molecule has 0 radical (unpaired) electrons. The molecule has 0 unspecified atom stereocenters. The zero-order chi connectivity index (χ0) is 21.9. The Morgan fingerprint density at radius 1 is 1.09 bits per heavy atom. The number of rotatable bonds is 9. The first-order valence-electron chi connectivity index (χ1n) is 11.0. The molecule has 1 saturated carbocycles. The molecule has 1 aliphatic rings. The fraction of sp³-hybridized carbons (Fsp3) is 0.333. The minimum absolute atomic E-state index is 0.155. The first-order chi connectivity index (χ1) is 15.7. The highest BCUT2D eigenvalue weighted by atomic mass is 32.2. The molecule has 6 nitrogen and oxygen atoms in total. The summed E-state index contributed by atoms with van der Waals surface area (Å²) < 4.78 is 15.4. The summed E-state index contributed by atoms with van der Waals surface area (Å²) in [6.45, 7) is 0.573. The van der Waals surface area contributed by atoms with Crippen molar-refractivity contribution in [2.45, 2.75) is 49.8 Å². The molecule has 2 heterocycles. The molecule has 4 aromatic rings. The van der Waals surface area contributed by atoms with Gasteiger partial charge in [-0.3, -0.25) is 4.79 Å². The molecule has 1 aliphatic carbocycles. The molecular formula is C24H24FN5OS. The Kier molecular flexibility index (Phi) is 6.03. The molecule has 5 rings (SSSR count). The molecule has 1 N–H and O–H groups in total. The monoisotopic (exact) mass is 449 g/mol. The standard InChI is InChI=1S/C24H24FN5OS/c25-17-10-8-16(9-11-17)15-30-20-6-2-1-5-19(20)22-23(30)27-24(29-28-22)32-14-4-3-7-21(31)26-18-12-13-18/h1-2,5-6,8-11,18H,3-4,7,12-15H2,(H,26,31). The Balaban J connectivity index is 1.31. The van der Waals surface area contributed by atoms with Gasteiger partial charge in [-0.05, 0) is 49.4 Å². The average Bonchev–Trinajstić information content (AvgIpc) is 3.57. The molecule has 164 valence electrons. The maximum Gasteiger partial charge on any atom is 0.220 e. The normalized spacial score (nSPS) is 13.7. The molecule has 2 aromatic heterocycles. The Bertz CT molecular complexity index is 1250. The van der Waals surface area contributed by atoms with E-state index in [1.807, 2.05) is 24.3 Å². The molecule has 0 aliphatic heterocycles. The third-order valence-electron chi connectivity index (χ3n) is 5.58. The number of carbonyl (C=O) groups excluding carboxylic acids is 1. The number of amides is 1. The lowest BCUT2D eigenvalue weighted by Crippen LogP contribution is -2.24. The van der Waals surface area contributed by atoms with Gasteiger partial charge in [-0.1, -0.05) is 42.1 Å². The van der Waals surface area contributed by atoms with Gasteiger partial charge in [-0.2, -0.15) is 0 Å². The second kappa shape index (κ2) is 9.24. The summed E-state index contributed by atoms with van der Waals surface area (Å²) >= 11 is 1.56. The van der Waals surface area contributed by atoms with Crippen LogP contribution in [-0.4, -0.2) is 37.5 Å². The fourth-order valence-corrected chi connectivity index (χ4v) is 4.54. The smallest absolute Gasteiger partial charge is 0.220 e. The molecule has 8 heteroatoms. The van der Waals surface area contributed by atoms with Crippen LogP contribution >= 0.6 is 11.8 Å². The summed E-state index contributed by atoms with van der Waals surface area (Å²) in [5.41, 5.74) is 3.56. The largest absolute Gasteiger partial charge is 0.353 e. The Morgan fingerprint density at radius 2 is 1.91 bits per heavy atom. The SMILES string of the molecule is O=C(CCCCSc1nnc2c3ccccc3n(Cc3ccc(F)cc3)c2n1)NC1CC1. The van der Waals surface area contributed by atoms with Crippen molar-refractivity contribution in [3.63, 3.8) is 0 Å². The third-order valence-corrected chi connectivity index (χ3v) is 6.50. The second-order valence-electron chi connectivity index (χ2n) is 8.14. The topological polar surface area (TPSA) is 72.7 Å². The van der Waals surface area contributed by atoms with Crippen LogP contribution in [-0.2, 0) is 11.3 Å². The first kappa shape index (κ1) is 20.9. The van der Waals surface area contributed by atoms with E-state index in [0.717, 1.165) is 59.1 Å². The number of benzene rings is 2. The number of carbonyl (C=O) groups is 1. The van der Waals surface area contributed by atoms with E-state index < -0.39 is 0 Å². The quantitative estimate of drug-likeness (QED) is 0.296. The number of unbranched alkanes of at least 4 members (excludes halogenated alkanes) is 1. The molecule has 1 amide bonds. The van der Waals surface area contributed by atoms with Gasteiger partial charge in [0.1, 0.15) is 11.3 Å². The van der Waals surface area contributed by atoms with Gasteiger partial charge in [0.05, 0.1) is 5.52 Å². The number of para-hydroxylation sites is 1. The van der Waals surface area contributed by atoms with Crippen molar-refractivity contribution in [1.29, 1.82) is 0 Å². The van der Waals surface area contributed by atoms with Crippen LogP contribution in [0.2, 0.25) is 0 Å². The van der Waals surface area contributed by atoms with Crippen molar-refractivity contribution in [2.24, 2.45) is 0 Å². The molecule has 0 atom stereocenters. The summed E-state index contributed by atoms with van der Waals surface area (Å²) in [4.78, 5) is 16.6. The molecule has 0 spiro atoms. The highest BCUT2D eigenvalue weighted by Gasteiger charge is 2.22. The molecule has 0 saturated heterocycles. The van der Waals surface area contributed by atoms with Crippen LogP contribution in [0.15, 0.2) is 53.7 Å². The number of hydrogen-bond donors (Lipinski definition) is 1. The van der Waals surface area contributed by atoms with Crippen molar-refractivity contribution in [2.75, 3.05) is 5.75 Å². The predicted molar refractivity (Wildman–Crippen MR) is 124 cm³/mol. The summed E-state index contributed by atoms with van der Waals surface area (Å²) in [5, 5.41) is 13.5. The molecule has 2 aromatic carbocycles. The Morgan fingerprint density at radius 3 is 2.72 bits per heavy atom. The summed E-state index contributed by atoms with van der Waals surface area (Å²) in [5.74, 6) is 0.744. The number of nitrogens with one attached hydrogen (secondary N) is 1. The Labute approximate surface area is 189 Å². The highest BCUT2D eigenvalue weighted by Crippen LogP contribution is 2.28. The molecule has 32 heavy (non-hydrogen) atoms. The van der Waals surface area contributed by atoms with Gasteiger partial charge < -0.3 is 9.88 Å². The van der Waals surface area contributed by atoms with E-state index in [2.05, 4.69) is 20.1 Å². The maximum absolute atomic E-state index is 13.3. The molecule has 1 fully saturated rings. The Hall–Kier alpha value is -3.00. The lowest BCUT2D eigenvalue weighted by molar-refractivity contribution is -0.121. The van der Waals surface area contributed by atoms with Crippen LogP contribution in [0.25, 0.3) is 22.1 Å². The van der Waals surface area contributed by atoms with Crippen LogP contribution in [0, 0.1) is 5.82 Å². The van der Waals surface area contributed by atoms with Gasteiger partial charge >= 0.3 is 0 Å². The lowest BCUT2D eigenvalue weighted by atomic mass is 10.2. The minimum atomic E-state index is -0.247. The van der Waals surface area contributed by atoms with Crippen molar-refractivity contribution in [1.82, 2.24) is 25.1 Å². The van der Waals surface area contributed by atoms with Crippen LogP contribution in [0.4, 0.5) is 4.39 Å².